The van der Waals surface area contributed by atoms with Crippen LogP contribution in [0.1, 0.15) is 0 Å². The minimum absolute atomic E-state index is 0.331. The van der Waals surface area contributed by atoms with E-state index in [0.29, 0.717) is 12.1 Å². The number of nitrogens with two attached hydrogens (primary N) is 1. The molecule has 39 heavy (non-hydrogen) atoms. The molecule has 0 saturated carbocycles. The van der Waals surface area contributed by atoms with Gasteiger partial charge in [0.15, 0.2) is 15.6 Å². The van der Waals surface area contributed by atoms with Crippen molar-refractivity contribution in [2.24, 2.45) is 10.2 Å². The maximum Gasteiger partial charge on any atom is 0.397 e. The number of phenols is 2. The lowest BCUT2D eigenvalue weighted by Crippen LogP contribution is -2.15. The number of aromatic hydroxyl groups is 2. The maximum atomic E-state index is 12.3. The van der Waals surface area contributed by atoms with Gasteiger partial charge in [0.05, 0.1) is 22.2 Å². The first-order chi connectivity index (χ1) is 17.7. The summed E-state index contributed by atoms with van der Waals surface area (Å²) in [4.78, 5) is -2.33. The predicted octanol–water partition coefficient (Wildman–Crippen LogP) is 1.34. The summed E-state index contributed by atoms with van der Waals surface area (Å²) in [7, 11) is -19.1. The number of benzene rings is 3. The molecule has 0 atom stereocenters. The molecule has 0 aliphatic heterocycles. The average Bonchev–Trinajstić information content (AvgIpc) is 2.76. The SMILES string of the molecule is Nc1cc(S(=O)(=O)O)cc2cc(S(=O)(=O)O)c(/N=N/c3ccc(S(=O)(=O)CCOS(=O)(=O)O)cc3O)c(O)c12. The Kier molecular flexibility index (Phi) is 7.93. The predicted molar refractivity (Wildman–Crippen MR) is 131 cm³/mol. The Morgan fingerprint density at radius 2 is 1.44 bits per heavy atom. The van der Waals surface area contributed by atoms with Crippen molar-refractivity contribution in [3.05, 3.63) is 36.4 Å². The van der Waals surface area contributed by atoms with Gasteiger partial charge < -0.3 is 15.9 Å². The number of azo groups is 1. The van der Waals surface area contributed by atoms with Gasteiger partial charge in [-0.05, 0) is 35.7 Å². The highest BCUT2D eigenvalue weighted by atomic mass is 32.3. The lowest BCUT2D eigenvalue weighted by Gasteiger charge is -2.12. The summed E-state index contributed by atoms with van der Waals surface area (Å²) in [6.07, 6.45) is 0. The van der Waals surface area contributed by atoms with Crippen molar-refractivity contribution in [3.8, 4) is 11.5 Å². The molecule has 0 bridgehead atoms. The van der Waals surface area contributed by atoms with Gasteiger partial charge >= 0.3 is 10.4 Å². The number of anilines is 1. The Hall–Kier alpha value is -3.44. The first kappa shape index (κ1) is 30.1. The number of nitrogen functional groups attached to an aromatic ring is 1. The van der Waals surface area contributed by atoms with Gasteiger partial charge in [-0.1, -0.05) is 0 Å². The first-order valence-electron chi connectivity index (χ1n) is 9.84. The molecule has 7 N–H and O–H groups in total. The van der Waals surface area contributed by atoms with E-state index in [4.69, 9.17) is 10.3 Å². The van der Waals surface area contributed by atoms with E-state index >= 15 is 0 Å². The van der Waals surface area contributed by atoms with Crippen LogP contribution < -0.4 is 5.73 Å². The minimum Gasteiger partial charge on any atom is -0.506 e. The first-order valence-corrected chi connectivity index (χ1v) is 15.7. The highest BCUT2D eigenvalue weighted by Crippen LogP contribution is 2.44. The van der Waals surface area contributed by atoms with Gasteiger partial charge in [-0.25, -0.2) is 12.6 Å². The van der Waals surface area contributed by atoms with Gasteiger partial charge in [0.2, 0.25) is 0 Å². The van der Waals surface area contributed by atoms with Gasteiger partial charge in [0.25, 0.3) is 20.2 Å². The third-order valence-electron chi connectivity index (χ3n) is 4.88. The third-order valence-corrected chi connectivity index (χ3v) is 8.72. The summed E-state index contributed by atoms with van der Waals surface area (Å²) in [6.45, 7) is -0.933. The van der Waals surface area contributed by atoms with Crippen LogP contribution in [0.2, 0.25) is 0 Å². The van der Waals surface area contributed by atoms with Crippen LogP contribution in [-0.2, 0) is 44.7 Å². The molecule has 3 aromatic carbocycles. The lowest BCUT2D eigenvalue weighted by molar-refractivity contribution is 0.284. The van der Waals surface area contributed by atoms with Gasteiger partial charge in [0.1, 0.15) is 22.0 Å². The lowest BCUT2D eigenvalue weighted by atomic mass is 10.1. The maximum absolute atomic E-state index is 12.3. The fraction of sp³-hybridized carbons (Fsp3) is 0.111. The molecule has 0 aliphatic carbocycles. The van der Waals surface area contributed by atoms with Crippen molar-refractivity contribution < 1.29 is 61.7 Å². The smallest absolute Gasteiger partial charge is 0.397 e. The van der Waals surface area contributed by atoms with E-state index in [1.54, 1.807) is 0 Å². The molecule has 21 heteroatoms. The van der Waals surface area contributed by atoms with Crippen molar-refractivity contribution in [3.63, 3.8) is 0 Å². The highest BCUT2D eigenvalue weighted by molar-refractivity contribution is 7.91. The molecule has 3 aromatic rings. The van der Waals surface area contributed by atoms with Crippen LogP contribution in [-0.4, -0.2) is 69.9 Å². The third kappa shape index (κ3) is 6.96. The summed E-state index contributed by atoms with van der Waals surface area (Å²) in [5.41, 5.74) is 3.97. The number of nitrogens with zero attached hydrogens (tertiary/aromatic N) is 2. The summed E-state index contributed by atoms with van der Waals surface area (Å²) in [6, 6.07) is 4.73. The molecular weight excluding hydrogens is 610 g/mol. The molecule has 0 aliphatic rings. The summed E-state index contributed by atoms with van der Waals surface area (Å²) < 4.78 is 124. The van der Waals surface area contributed by atoms with Crippen LogP contribution in [0.3, 0.4) is 0 Å². The zero-order chi connectivity index (χ0) is 29.6. The molecule has 0 spiro atoms. The number of fused-ring (bicyclic) bond motifs is 1. The molecule has 3 rings (SSSR count). The monoisotopic (exact) mass is 627 g/mol. The molecule has 17 nitrogen and oxygen atoms in total. The highest BCUT2D eigenvalue weighted by Gasteiger charge is 2.25. The Morgan fingerprint density at radius 1 is 0.795 bits per heavy atom. The number of phenolic OH excluding ortho intramolecular Hbond substituents is 2. The molecular formula is C18H17N3O14S4. The molecule has 212 valence electrons. The Morgan fingerprint density at radius 3 is 1.97 bits per heavy atom. The second-order valence-corrected chi connectivity index (χ2v) is 13.6. The van der Waals surface area contributed by atoms with E-state index in [0.717, 1.165) is 24.3 Å². The number of hydrogen-bond donors (Lipinski definition) is 6. The molecule has 0 radical (unpaired) electrons. The summed E-state index contributed by atoms with van der Waals surface area (Å²) in [5, 5.41) is 27.3. The second kappa shape index (κ2) is 10.3. The van der Waals surface area contributed by atoms with E-state index in [-0.39, 0.29) is 10.8 Å². The second-order valence-electron chi connectivity index (χ2n) is 7.55. The Balaban J connectivity index is 2.08. The zero-order valence-electron chi connectivity index (χ0n) is 18.9. The zero-order valence-corrected chi connectivity index (χ0v) is 22.2. The van der Waals surface area contributed by atoms with Crippen LogP contribution in [0.4, 0.5) is 17.1 Å². The normalized spacial score (nSPS) is 13.3. The molecule has 0 heterocycles. The molecule has 0 aromatic heterocycles. The van der Waals surface area contributed by atoms with Crippen LogP contribution in [0.5, 0.6) is 11.5 Å². The standard InChI is InChI=1S/C18H17N3O14S4/c19-12-7-11(37(26,27)28)5-9-6-15(38(29,30)31)17(18(23)16(9)12)21-20-13-2-1-10(8-14(13)22)36(24,25)4-3-35-39(32,33)34/h1-2,5-8,22-23H,3-4,19H2,(H,26,27,28)(H,29,30,31)(H,32,33,34)/b21-20+. The van der Waals surface area contributed by atoms with Gasteiger partial charge in [-0.2, -0.15) is 25.3 Å². The molecule has 0 fully saturated rings. The van der Waals surface area contributed by atoms with Crippen molar-refractivity contribution in [1.82, 2.24) is 0 Å². The van der Waals surface area contributed by atoms with Crippen LogP contribution in [0.15, 0.2) is 61.3 Å². The van der Waals surface area contributed by atoms with Crippen LogP contribution >= 0.6 is 0 Å². The minimum atomic E-state index is -5.15. The van der Waals surface area contributed by atoms with Gasteiger partial charge in [-0.3, -0.25) is 13.7 Å². The van der Waals surface area contributed by atoms with Crippen LogP contribution in [0, 0.1) is 0 Å². The summed E-state index contributed by atoms with van der Waals surface area (Å²) >= 11 is 0. The van der Waals surface area contributed by atoms with Crippen molar-refractivity contribution in [1.29, 1.82) is 0 Å². The molecule has 0 amide bonds. The molecule has 0 unspecified atom stereocenters. The van der Waals surface area contributed by atoms with E-state index in [1.807, 2.05) is 0 Å². The van der Waals surface area contributed by atoms with Gasteiger partial charge in [0, 0.05) is 17.1 Å². The van der Waals surface area contributed by atoms with Crippen molar-refractivity contribution in [2.45, 2.75) is 14.7 Å². The summed E-state index contributed by atoms with van der Waals surface area (Å²) in [5.74, 6) is -2.71. The number of hydrogen-bond acceptors (Lipinski definition) is 14. The van der Waals surface area contributed by atoms with E-state index < -0.39 is 96.1 Å². The molecule has 0 saturated heterocycles. The quantitative estimate of drug-likeness (QED) is 0.111. The van der Waals surface area contributed by atoms with Crippen molar-refractivity contribution >= 4 is 68.3 Å². The largest absolute Gasteiger partial charge is 0.506 e. The Bertz CT molecular complexity index is 1950. The number of rotatable bonds is 9. The van der Waals surface area contributed by atoms with E-state index in [9.17, 15) is 53.0 Å². The Labute approximate surface area is 220 Å². The number of sulfone groups is 1. The fourth-order valence-corrected chi connectivity index (χ4v) is 5.90. The topological polar surface area (TPSA) is 298 Å². The van der Waals surface area contributed by atoms with E-state index in [2.05, 4.69) is 14.4 Å². The van der Waals surface area contributed by atoms with Crippen molar-refractivity contribution in [2.75, 3.05) is 18.1 Å². The van der Waals surface area contributed by atoms with Crippen LogP contribution in [0.25, 0.3) is 10.8 Å². The van der Waals surface area contributed by atoms with E-state index in [1.165, 1.54) is 0 Å². The average molecular weight is 628 g/mol. The fourth-order valence-electron chi connectivity index (χ4n) is 3.19. The van der Waals surface area contributed by atoms with Gasteiger partial charge in [-0.15, -0.1) is 10.2 Å².